The van der Waals surface area contributed by atoms with Crippen LogP contribution in [0.2, 0.25) is 0 Å². The minimum absolute atomic E-state index is 0.00302. The van der Waals surface area contributed by atoms with E-state index in [1.54, 1.807) is 13.0 Å². The molecule has 0 saturated carbocycles. The molecule has 6 heteroatoms. The molecule has 2 saturated heterocycles. The first-order valence-corrected chi connectivity index (χ1v) is 7.34. The second kappa shape index (κ2) is 5.52. The molecule has 2 aliphatic rings. The van der Waals surface area contributed by atoms with E-state index in [4.69, 9.17) is 9.15 Å². The van der Waals surface area contributed by atoms with E-state index >= 15 is 0 Å². The van der Waals surface area contributed by atoms with E-state index in [0.29, 0.717) is 37.5 Å². The van der Waals surface area contributed by atoms with Crippen molar-refractivity contribution in [2.24, 2.45) is 0 Å². The van der Waals surface area contributed by atoms with Gasteiger partial charge in [-0.3, -0.25) is 14.5 Å². The molecule has 0 radical (unpaired) electrons. The second-order valence-corrected chi connectivity index (χ2v) is 5.72. The highest BCUT2D eigenvalue weighted by Crippen LogP contribution is 2.22. The number of esters is 1. The van der Waals surface area contributed by atoms with Gasteiger partial charge in [-0.1, -0.05) is 0 Å². The van der Waals surface area contributed by atoms with Gasteiger partial charge in [0.15, 0.2) is 0 Å². The van der Waals surface area contributed by atoms with Crippen LogP contribution in [0.5, 0.6) is 0 Å². The molecule has 1 amide bonds. The molecule has 0 bridgehead atoms. The lowest BCUT2D eigenvalue weighted by Crippen LogP contribution is -2.53. The summed E-state index contributed by atoms with van der Waals surface area (Å²) in [7, 11) is 0. The number of aryl methyl sites for hydroxylation is 1. The number of cyclic esters (lactones) is 1. The topological polar surface area (TPSA) is 63.0 Å². The zero-order valence-electron chi connectivity index (χ0n) is 12.4. The van der Waals surface area contributed by atoms with Gasteiger partial charge in [-0.05, 0) is 19.9 Å². The number of carbonyl (C=O) groups is 2. The smallest absolute Gasteiger partial charge is 0.323 e. The minimum atomic E-state index is -0.145. The number of amides is 1. The number of piperazine rings is 1. The summed E-state index contributed by atoms with van der Waals surface area (Å²) in [6.07, 6.45) is 2.28. The highest BCUT2D eigenvalue weighted by atomic mass is 16.6. The van der Waals surface area contributed by atoms with Gasteiger partial charge in [0.05, 0.1) is 11.8 Å². The predicted octanol–water partition coefficient (Wildman–Crippen LogP) is 1.05. The van der Waals surface area contributed by atoms with Crippen LogP contribution in [0.1, 0.15) is 29.5 Å². The SMILES string of the molecule is Cc1occc1C(=O)N1CCN([C@H]2C[C@H](C)OC2=O)CC1. The predicted molar refractivity (Wildman–Crippen MR) is 74.9 cm³/mol. The van der Waals surface area contributed by atoms with Crippen molar-refractivity contribution in [2.45, 2.75) is 32.4 Å². The lowest BCUT2D eigenvalue weighted by molar-refractivity contribution is -0.145. The summed E-state index contributed by atoms with van der Waals surface area (Å²) in [6, 6.07) is 1.56. The molecule has 2 aliphatic heterocycles. The van der Waals surface area contributed by atoms with Crippen LogP contribution in [-0.2, 0) is 9.53 Å². The van der Waals surface area contributed by atoms with Crippen LogP contribution in [-0.4, -0.2) is 60.0 Å². The largest absolute Gasteiger partial charge is 0.469 e. The van der Waals surface area contributed by atoms with Crippen molar-refractivity contribution in [1.82, 2.24) is 9.80 Å². The molecule has 0 spiro atoms. The van der Waals surface area contributed by atoms with Gasteiger partial charge in [0.2, 0.25) is 0 Å². The summed E-state index contributed by atoms with van der Waals surface area (Å²) >= 11 is 0. The van der Waals surface area contributed by atoms with Crippen LogP contribution in [0.15, 0.2) is 16.7 Å². The standard InChI is InChI=1S/C15H20N2O4/c1-10-9-13(15(19)21-10)16-4-6-17(7-5-16)14(18)12-3-8-20-11(12)2/h3,8,10,13H,4-7,9H2,1-2H3/t10-,13-/m0/s1. The molecule has 0 unspecified atom stereocenters. The fourth-order valence-corrected chi connectivity index (χ4v) is 3.05. The first-order valence-electron chi connectivity index (χ1n) is 7.34. The number of hydrogen-bond donors (Lipinski definition) is 0. The third-order valence-electron chi connectivity index (χ3n) is 4.28. The van der Waals surface area contributed by atoms with Crippen LogP contribution in [0.3, 0.4) is 0 Å². The monoisotopic (exact) mass is 292 g/mol. The Labute approximate surface area is 123 Å². The van der Waals surface area contributed by atoms with Gasteiger partial charge in [0, 0.05) is 32.6 Å². The number of carbonyl (C=O) groups excluding carboxylic acids is 2. The van der Waals surface area contributed by atoms with Crippen LogP contribution in [0.25, 0.3) is 0 Å². The van der Waals surface area contributed by atoms with Gasteiger partial charge < -0.3 is 14.1 Å². The maximum Gasteiger partial charge on any atom is 0.323 e. The Morgan fingerprint density at radius 3 is 2.52 bits per heavy atom. The number of hydrogen-bond acceptors (Lipinski definition) is 5. The van der Waals surface area contributed by atoms with Crippen molar-refractivity contribution in [2.75, 3.05) is 26.2 Å². The van der Waals surface area contributed by atoms with E-state index in [-0.39, 0.29) is 24.0 Å². The molecule has 114 valence electrons. The summed E-state index contributed by atoms with van der Waals surface area (Å²) in [5.41, 5.74) is 0.623. The molecular weight excluding hydrogens is 272 g/mol. The molecule has 6 nitrogen and oxygen atoms in total. The molecule has 1 aromatic heterocycles. The van der Waals surface area contributed by atoms with Gasteiger partial charge in [-0.15, -0.1) is 0 Å². The Bertz CT molecular complexity index is 546. The lowest BCUT2D eigenvalue weighted by atomic mass is 10.1. The van der Waals surface area contributed by atoms with Crippen LogP contribution in [0.4, 0.5) is 0 Å². The Balaban J connectivity index is 1.59. The van der Waals surface area contributed by atoms with E-state index in [9.17, 15) is 9.59 Å². The van der Waals surface area contributed by atoms with Gasteiger partial charge in [-0.25, -0.2) is 0 Å². The Morgan fingerprint density at radius 1 is 1.29 bits per heavy atom. The maximum absolute atomic E-state index is 12.4. The van der Waals surface area contributed by atoms with E-state index in [1.165, 1.54) is 6.26 Å². The third kappa shape index (κ3) is 2.68. The third-order valence-corrected chi connectivity index (χ3v) is 4.28. The van der Waals surface area contributed by atoms with Crippen LogP contribution >= 0.6 is 0 Å². The maximum atomic E-state index is 12.4. The molecule has 0 aromatic carbocycles. The molecule has 21 heavy (non-hydrogen) atoms. The molecule has 2 fully saturated rings. The minimum Gasteiger partial charge on any atom is -0.469 e. The van der Waals surface area contributed by atoms with E-state index in [2.05, 4.69) is 4.90 Å². The van der Waals surface area contributed by atoms with Crippen molar-refractivity contribution < 1.29 is 18.7 Å². The first-order chi connectivity index (χ1) is 10.1. The number of nitrogens with zero attached hydrogens (tertiary/aromatic N) is 2. The average Bonchev–Trinajstić information content (AvgIpc) is 3.04. The summed E-state index contributed by atoms with van der Waals surface area (Å²) in [5.74, 6) is 0.520. The zero-order valence-corrected chi connectivity index (χ0v) is 12.4. The number of furan rings is 1. The Morgan fingerprint density at radius 2 is 2.00 bits per heavy atom. The van der Waals surface area contributed by atoms with Crippen molar-refractivity contribution in [1.29, 1.82) is 0 Å². The second-order valence-electron chi connectivity index (χ2n) is 5.72. The Hall–Kier alpha value is -1.82. The van der Waals surface area contributed by atoms with Gasteiger partial charge in [0.25, 0.3) is 5.91 Å². The molecule has 3 heterocycles. The van der Waals surface area contributed by atoms with Crippen LogP contribution < -0.4 is 0 Å². The zero-order chi connectivity index (χ0) is 15.0. The highest BCUT2D eigenvalue weighted by Gasteiger charge is 2.38. The molecule has 2 atom stereocenters. The van der Waals surface area contributed by atoms with Gasteiger partial charge in [0.1, 0.15) is 17.9 Å². The summed E-state index contributed by atoms with van der Waals surface area (Å²) < 4.78 is 10.4. The molecule has 1 aromatic rings. The normalized spacial score (nSPS) is 27.0. The van der Waals surface area contributed by atoms with Crippen molar-refractivity contribution >= 4 is 11.9 Å². The van der Waals surface area contributed by atoms with E-state index in [0.717, 1.165) is 6.42 Å². The Kier molecular flexibility index (Phi) is 3.71. The summed E-state index contributed by atoms with van der Waals surface area (Å²) in [6.45, 7) is 6.37. The summed E-state index contributed by atoms with van der Waals surface area (Å²) in [5, 5.41) is 0. The van der Waals surface area contributed by atoms with Crippen molar-refractivity contribution in [3.05, 3.63) is 23.7 Å². The number of ether oxygens (including phenoxy) is 1. The van der Waals surface area contributed by atoms with E-state index < -0.39 is 0 Å². The quantitative estimate of drug-likeness (QED) is 0.762. The first kappa shape index (κ1) is 14.1. The van der Waals surface area contributed by atoms with Crippen molar-refractivity contribution in [3.8, 4) is 0 Å². The molecule has 0 aliphatic carbocycles. The van der Waals surface area contributed by atoms with Gasteiger partial charge >= 0.3 is 5.97 Å². The van der Waals surface area contributed by atoms with Crippen LogP contribution in [0, 0.1) is 6.92 Å². The highest BCUT2D eigenvalue weighted by molar-refractivity contribution is 5.95. The lowest BCUT2D eigenvalue weighted by Gasteiger charge is -2.36. The molecular formula is C15H20N2O4. The number of rotatable bonds is 2. The fourth-order valence-electron chi connectivity index (χ4n) is 3.05. The molecule has 3 rings (SSSR count). The van der Waals surface area contributed by atoms with Gasteiger partial charge in [-0.2, -0.15) is 0 Å². The average molecular weight is 292 g/mol. The van der Waals surface area contributed by atoms with Crippen molar-refractivity contribution in [3.63, 3.8) is 0 Å². The fraction of sp³-hybridized carbons (Fsp3) is 0.600. The summed E-state index contributed by atoms with van der Waals surface area (Å²) in [4.78, 5) is 28.1. The molecule has 0 N–H and O–H groups in total. The van der Waals surface area contributed by atoms with E-state index in [1.807, 2.05) is 11.8 Å².